The van der Waals surface area contributed by atoms with Crippen LogP contribution in [0.5, 0.6) is 0 Å². The van der Waals surface area contributed by atoms with Crippen LogP contribution in [0.2, 0.25) is 0 Å². The molecule has 1 aliphatic heterocycles. The van der Waals surface area contributed by atoms with Crippen LogP contribution >= 0.6 is 23.5 Å². The molecule has 3 aromatic rings. The monoisotopic (exact) mass is 816 g/mol. The lowest BCUT2D eigenvalue weighted by molar-refractivity contribution is -0.141. The van der Waals surface area contributed by atoms with Crippen molar-refractivity contribution in [1.29, 1.82) is 0 Å². The molecule has 4 atom stereocenters. The number of carbonyl (C=O) groups excluding carboxylic acids is 1. The number of benzene rings is 3. The summed E-state index contributed by atoms with van der Waals surface area (Å²) in [6.45, 7) is 12.4. The van der Waals surface area contributed by atoms with Crippen LogP contribution in [-0.4, -0.2) is 95.5 Å². The number of nitrogens with one attached hydrogen (secondary N) is 1. The Bertz CT molecular complexity index is 1700. The second-order valence-corrected chi connectivity index (χ2v) is 17.4. The van der Waals surface area contributed by atoms with Crippen molar-refractivity contribution in [2.24, 2.45) is 5.92 Å². The van der Waals surface area contributed by atoms with Crippen molar-refractivity contribution in [2.75, 3.05) is 36.0 Å². The predicted octanol–water partition coefficient (Wildman–Crippen LogP) is 8.73. The zero-order valence-electron chi connectivity index (χ0n) is 34.2. The van der Waals surface area contributed by atoms with E-state index in [0.717, 1.165) is 47.2 Å². The number of aliphatic carboxylic acids is 2. The predicted molar refractivity (Wildman–Crippen MR) is 233 cm³/mol. The molecule has 9 nitrogen and oxygen atoms in total. The van der Waals surface area contributed by atoms with Crippen LogP contribution in [0, 0.1) is 12.8 Å². The molecule has 1 heterocycles. The molecular formula is C43H64N2O7S3. The standard InChI is InChI=1S/C33H40N2O3S2.C6H12O4S.2C2H6/c1-23-9-7-8-12-28(23)30-20-25(13-16-29(30)32(36)34-31(33(37)38)17-18-39-2)21-35-26(14-15-27(35)22-40-3)19-24-10-5-4-6-11-24;1-5(6(7)8)3-4-11(2,9)10;2*1-2/h4-13,16,20,26-27,31H,14-15,17-19,21-22H2,1-3H3,(H,34,36)(H,37,38);5H,3-4H2,1-2H3,(H,7,8);2*1-2H3/t26-,27+,31?;;;/m0.../s1. The Labute approximate surface area is 339 Å². The summed E-state index contributed by atoms with van der Waals surface area (Å²) in [7, 11) is -3.02. The van der Waals surface area contributed by atoms with E-state index >= 15 is 0 Å². The Morgan fingerprint density at radius 1 is 0.818 bits per heavy atom. The zero-order chi connectivity index (χ0) is 41.6. The van der Waals surface area contributed by atoms with Gasteiger partial charge in [0.15, 0.2) is 0 Å². The molecule has 55 heavy (non-hydrogen) atoms. The normalized spacial score (nSPS) is 16.2. The van der Waals surface area contributed by atoms with Gasteiger partial charge < -0.3 is 15.5 Å². The summed E-state index contributed by atoms with van der Waals surface area (Å²) in [6.07, 6.45) is 9.18. The third-order valence-electron chi connectivity index (χ3n) is 9.13. The van der Waals surface area contributed by atoms with E-state index in [-0.39, 0.29) is 18.1 Å². The van der Waals surface area contributed by atoms with Gasteiger partial charge in [-0.15, -0.1) is 0 Å². The maximum Gasteiger partial charge on any atom is 0.326 e. The van der Waals surface area contributed by atoms with E-state index in [0.29, 0.717) is 29.8 Å². The summed E-state index contributed by atoms with van der Waals surface area (Å²) in [4.78, 5) is 38.2. The van der Waals surface area contributed by atoms with E-state index in [1.54, 1.807) is 11.8 Å². The average molecular weight is 817 g/mol. The quantitative estimate of drug-likeness (QED) is 0.121. The minimum absolute atomic E-state index is 0.0551. The van der Waals surface area contributed by atoms with Crippen LogP contribution in [0.25, 0.3) is 11.1 Å². The first kappa shape index (κ1) is 49.7. The largest absolute Gasteiger partial charge is 0.481 e. The van der Waals surface area contributed by atoms with Crippen LogP contribution in [-0.2, 0) is 32.4 Å². The van der Waals surface area contributed by atoms with E-state index in [1.165, 1.54) is 25.3 Å². The lowest BCUT2D eigenvalue weighted by Crippen LogP contribution is -2.41. The molecule has 1 fully saturated rings. The van der Waals surface area contributed by atoms with Gasteiger partial charge in [0.1, 0.15) is 15.9 Å². The lowest BCUT2D eigenvalue weighted by Gasteiger charge is -2.30. The third kappa shape index (κ3) is 17.6. The highest BCUT2D eigenvalue weighted by molar-refractivity contribution is 7.98. The highest BCUT2D eigenvalue weighted by Crippen LogP contribution is 2.33. The molecule has 4 rings (SSSR count). The highest BCUT2D eigenvalue weighted by Gasteiger charge is 2.33. The minimum Gasteiger partial charge on any atom is -0.481 e. The maximum atomic E-state index is 13.5. The van der Waals surface area contributed by atoms with Crippen molar-refractivity contribution < 1.29 is 33.0 Å². The van der Waals surface area contributed by atoms with E-state index in [4.69, 9.17) is 5.11 Å². The van der Waals surface area contributed by atoms with Crippen molar-refractivity contribution >= 4 is 51.2 Å². The van der Waals surface area contributed by atoms with Gasteiger partial charge in [0.25, 0.3) is 5.91 Å². The molecule has 12 heteroatoms. The SMILES string of the molecule is CC.CC.CC(CCS(C)(=O)=O)C(=O)O.CSCCC(NC(=O)c1ccc(CN2[C@@H](CSC)CC[C@H]2Cc2ccccc2)cc1-c1ccccc1C)C(=O)O. The van der Waals surface area contributed by atoms with Crippen LogP contribution in [0.1, 0.15) is 87.4 Å². The number of carbonyl (C=O) groups is 3. The first-order valence-corrected chi connectivity index (χ1v) is 24.0. The van der Waals surface area contributed by atoms with E-state index in [1.807, 2.05) is 89.0 Å². The fraction of sp³-hybridized carbons (Fsp3) is 0.512. The van der Waals surface area contributed by atoms with Gasteiger partial charge in [-0.2, -0.15) is 23.5 Å². The Morgan fingerprint density at radius 2 is 1.44 bits per heavy atom. The number of sulfone groups is 1. The van der Waals surface area contributed by atoms with Gasteiger partial charge in [0.2, 0.25) is 0 Å². The van der Waals surface area contributed by atoms with Crippen molar-refractivity contribution in [3.63, 3.8) is 0 Å². The van der Waals surface area contributed by atoms with Crippen LogP contribution in [0.4, 0.5) is 0 Å². The first-order chi connectivity index (χ1) is 26.2. The fourth-order valence-electron chi connectivity index (χ4n) is 6.19. The van der Waals surface area contributed by atoms with Gasteiger partial charge in [0, 0.05) is 36.2 Å². The highest BCUT2D eigenvalue weighted by atomic mass is 32.2. The van der Waals surface area contributed by atoms with Crippen molar-refractivity contribution in [1.82, 2.24) is 10.2 Å². The molecule has 306 valence electrons. The number of hydrogen-bond acceptors (Lipinski definition) is 8. The van der Waals surface area contributed by atoms with Crippen molar-refractivity contribution in [2.45, 2.75) is 98.3 Å². The Hall–Kier alpha value is -3.32. The molecule has 0 saturated carbocycles. The number of nitrogens with zero attached hydrogens (tertiary/aromatic N) is 1. The smallest absolute Gasteiger partial charge is 0.326 e. The Balaban J connectivity index is 0.000000861. The van der Waals surface area contributed by atoms with Crippen LogP contribution in [0.3, 0.4) is 0 Å². The number of likely N-dealkylation sites (tertiary alicyclic amines) is 1. The molecule has 0 spiro atoms. The zero-order valence-corrected chi connectivity index (χ0v) is 36.7. The molecule has 0 bridgehead atoms. The third-order valence-corrected chi connectivity index (χ3v) is 11.5. The number of rotatable bonds is 17. The number of aryl methyl sites for hydroxylation is 1. The molecule has 1 saturated heterocycles. The number of amides is 1. The van der Waals surface area contributed by atoms with Gasteiger partial charge in [-0.3, -0.25) is 14.5 Å². The molecule has 0 aliphatic carbocycles. The molecule has 3 N–H and O–H groups in total. The molecular weight excluding hydrogens is 753 g/mol. The van der Waals surface area contributed by atoms with Crippen molar-refractivity contribution in [3.05, 3.63) is 95.1 Å². The molecule has 0 radical (unpaired) electrons. The molecule has 2 unspecified atom stereocenters. The summed E-state index contributed by atoms with van der Waals surface area (Å²) < 4.78 is 21.1. The minimum atomic E-state index is -3.02. The molecule has 1 amide bonds. The Kier molecular flexibility index (Phi) is 24.0. The molecule has 3 aromatic carbocycles. The second kappa shape index (κ2) is 26.5. The topological polar surface area (TPSA) is 141 Å². The second-order valence-electron chi connectivity index (χ2n) is 13.2. The summed E-state index contributed by atoms with van der Waals surface area (Å²) >= 11 is 3.47. The van der Waals surface area contributed by atoms with E-state index < -0.39 is 33.7 Å². The van der Waals surface area contributed by atoms with Crippen molar-refractivity contribution in [3.8, 4) is 11.1 Å². The van der Waals surface area contributed by atoms with Gasteiger partial charge in [-0.25, -0.2) is 13.2 Å². The maximum absolute atomic E-state index is 13.5. The lowest BCUT2D eigenvalue weighted by atomic mass is 9.93. The molecule has 0 aromatic heterocycles. The number of hydrogen-bond donors (Lipinski definition) is 3. The van der Waals surface area contributed by atoms with Crippen LogP contribution in [0.15, 0.2) is 72.8 Å². The first-order valence-electron chi connectivity index (χ1n) is 19.1. The van der Waals surface area contributed by atoms with E-state index in [9.17, 15) is 27.9 Å². The number of thioether (sulfide) groups is 2. The number of carboxylic acids is 2. The number of carboxylic acid groups (broad SMARTS) is 2. The average Bonchev–Trinajstić information content (AvgIpc) is 3.53. The summed E-state index contributed by atoms with van der Waals surface area (Å²) in [5.74, 6) is -1.17. The van der Waals surface area contributed by atoms with Crippen LogP contribution < -0.4 is 5.32 Å². The fourth-order valence-corrected chi connectivity index (χ4v) is 8.19. The van der Waals surface area contributed by atoms with Gasteiger partial charge in [-0.05, 0) is 97.2 Å². The summed E-state index contributed by atoms with van der Waals surface area (Å²) in [6, 6.07) is 24.9. The molecule has 1 aliphatic rings. The summed E-state index contributed by atoms with van der Waals surface area (Å²) in [5.41, 5.74) is 5.96. The van der Waals surface area contributed by atoms with E-state index in [2.05, 4.69) is 52.9 Å². The van der Waals surface area contributed by atoms with Gasteiger partial charge in [-0.1, -0.05) is 95.3 Å². The van der Waals surface area contributed by atoms with Gasteiger partial charge >= 0.3 is 11.9 Å². The summed E-state index contributed by atoms with van der Waals surface area (Å²) in [5, 5.41) is 20.9. The Morgan fingerprint density at radius 3 is 2.00 bits per heavy atom. The van der Waals surface area contributed by atoms with Gasteiger partial charge in [0.05, 0.1) is 11.7 Å².